The molecule has 5 nitrogen and oxygen atoms in total. The van der Waals surface area contributed by atoms with Gasteiger partial charge in [-0.25, -0.2) is 9.78 Å². The Bertz CT molecular complexity index is 402. The summed E-state index contributed by atoms with van der Waals surface area (Å²) in [6.45, 7) is 5.35. The highest BCUT2D eigenvalue weighted by molar-refractivity contribution is 7.17. The average Bonchev–Trinajstić information content (AvgIpc) is 2.86. The van der Waals surface area contributed by atoms with E-state index in [9.17, 15) is 4.79 Å². The van der Waals surface area contributed by atoms with Crippen LogP contribution in [0.25, 0.3) is 0 Å². The number of thiazole rings is 1. The van der Waals surface area contributed by atoms with Gasteiger partial charge in [-0.15, -0.1) is 0 Å². The summed E-state index contributed by atoms with van der Waals surface area (Å²) in [5.74, 6) is -0.912. The van der Waals surface area contributed by atoms with Crippen molar-refractivity contribution in [1.29, 1.82) is 0 Å². The van der Waals surface area contributed by atoms with Gasteiger partial charge in [0.25, 0.3) is 0 Å². The number of hydrogen-bond acceptors (Lipinski definition) is 5. The van der Waals surface area contributed by atoms with Crippen LogP contribution >= 0.6 is 11.3 Å². The summed E-state index contributed by atoms with van der Waals surface area (Å²) in [6, 6.07) is 0.461. The molecule has 2 heterocycles. The van der Waals surface area contributed by atoms with Crippen LogP contribution in [0, 0.1) is 0 Å². The Morgan fingerprint density at radius 1 is 1.56 bits per heavy atom. The van der Waals surface area contributed by atoms with E-state index in [0.29, 0.717) is 11.2 Å². The van der Waals surface area contributed by atoms with Crippen molar-refractivity contribution >= 4 is 22.4 Å². The van der Waals surface area contributed by atoms with Crippen molar-refractivity contribution in [2.75, 3.05) is 25.0 Å². The number of carboxylic acid groups (broad SMARTS) is 1. The summed E-state index contributed by atoms with van der Waals surface area (Å²) < 4.78 is 0. The lowest BCUT2D eigenvalue weighted by Gasteiger charge is -2.32. The van der Waals surface area contributed by atoms with Crippen molar-refractivity contribution in [2.24, 2.45) is 0 Å². The molecule has 1 aliphatic heterocycles. The summed E-state index contributed by atoms with van der Waals surface area (Å²) in [7, 11) is 0. The zero-order valence-corrected chi connectivity index (χ0v) is 11.4. The Morgan fingerprint density at radius 3 is 2.89 bits per heavy atom. The monoisotopic (exact) mass is 269 g/mol. The Labute approximate surface area is 111 Å². The van der Waals surface area contributed by atoms with Gasteiger partial charge in [0.15, 0.2) is 5.13 Å². The lowest BCUT2D eigenvalue weighted by molar-refractivity contribution is 0.0702. The Hall–Kier alpha value is -1.14. The predicted molar refractivity (Wildman–Crippen MR) is 72.4 cm³/mol. The molecule has 2 N–H and O–H groups in total. The molecule has 0 amide bonds. The molecule has 0 radical (unpaired) electrons. The number of piperidine rings is 1. The van der Waals surface area contributed by atoms with Gasteiger partial charge in [0, 0.05) is 12.6 Å². The van der Waals surface area contributed by atoms with Gasteiger partial charge in [0.05, 0.1) is 6.20 Å². The summed E-state index contributed by atoms with van der Waals surface area (Å²) in [5.41, 5.74) is 0. The van der Waals surface area contributed by atoms with Gasteiger partial charge in [0.1, 0.15) is 4.88 Å². The molecular weight excluding hydrogens is 250 g/mol. The highest BCUT2D eigenvalue weighted by Gasteiger charge is 2.17. The van der Waals surface area contributed by atoms with Crippen LogP contribution in [0.2, 0.25) is 0 Å². The smallest absolute Gasteiger partial charge is 0.347 e. The molecule has 6 heteroatoms. The fraction of sp³-hybridized carbons (Fsp3) is 0.667. The zero-order chi connectivity index (χ0) is 13.0. The molecule has 18 heavy (non-hydrogen) atoms. The summed E-state index contributed by atoms with van der Waals surface area (Å²) in [5, 5.41) is 12.7. The van der Waals surface area contributed by atoms with Crippen LogP contribution in [0.4, 0.5) is 5.13 Å². The molecule has 0 aliphatic carbocycles. The molecule has 100 valence electrons. The highest BCUT2D eigenvalue weighted by Crippen LogP contribution is 2.18. The number of nitrogens with zero attached hydrogens (tertiary/aromatic N) is 2. The Kier molecular flexibility index (Phi) is 4.54. The van der Waals surface area contributed by atoms with Gasteiger partial charge in [-0.1, -0.05) is 17.8 Å². The number of carboxylic acids is 1. The minimum absolute atomic E-state index is 0.281. The lowest BCUT2D eigenvalue weighted by Crippen LogP contribution is -2.41. The van der Waals surface area contributed by atoms with Crippen LogP contribution in [0.1, 0.15) is 35.9 Å². The molecule has 0 saturated carbocycles. The SMILES string of the molecule is CC(CNc1ncc(C(=O)O)s1)N1CCCCC1. The standard InChI is InChI=1S/C12H19N3O2S/c1-9(15-5-3-2-4-6-15)7-13-12-14-8-10(18-12)11(16)17/h8-9H,2-7H2,1H3,(H,13,14)(H,16,17). The number of likely N-dealkylation sites (tertiary alicyclic amines) is 1. The third kappa shape index (κ3) is 3.43. The molecule has 1 saturated heterocycles. The zero-order valence-electron chi connectivity index (χ0n) is 10.6. The first-order chi connectivity index (χ1) is 8.66. The maximum absolute atomic E-state index is 10.7. The molecule has 0 spiro atoms. The fourth-order valence-electron chi connectivity index (χ4n) is 2.18. The summed E-state index contributed by atoms with van der Waals surface area (Å²) >= 11 is 1.19. The first kappa shape index (κ1) is 13.3. The predicted octanol–water partition coefficient (Wildman–Crippen LogP) is 2.13. The van der Waals surface area contributed by atoms with Crippen LogP contribution in [0.3, 0.4) is 0 Å². The quantitative estimate of drug-likeness (QED) is 0.857. The average molecular weight is 269 g/mol. The van der Waals surface area contributed by atoms with Gasteiger partial charge in [-0.2, -0.15) is 0 Å². The molecule has 0 bridgehead atoms. The number of carbonyl (C=O) groups is 1. The van der Waals surface area contributed by atoms with E-state index >= 15 is 0 Å². The van der Waals surface area contributed by atoms with Crippen LogP contribution in [0.5, 0.6) is 0 Å². The van der Waals surface area contributed by atoms with Gasteiger partial charge in [-0.3, -0.25) is 4.90 Å². The largest absolute Gasteiger partial charge is 0.477 e. The van der Waals surface area contributed by atoms with Gasteiger partial charge < -0.3 is 10.4 Å². The Balaban J connectivity index is 1.80. The molecule has 1 aliphatic rings. The second-order valence-electron chi connectivity index (χ2n) is 4.66. The van der Waals surface area contributed by atoms with E-state index in [1.807, 2.05) is 0 Å². The van der Waals surface area contributed by atoms with E-state index in [-0.39, 0.29) is 4.88 Å². The number of anilines is 1. The number of rotatable bonds is 5. The second-order valence-corrected chi connectivity index (χ2v) is 5.69. The van der Waals surface area contributed by atoms with E-state index in [1.165, 1.54) is 49.9 Å². The fourth-order valence-corrected chi connectivity index (χ4v) is 2.84. The van der Waals surface area contributed by atoms with Crippen molar-refractivity contribution in [3.05, 3.63) is 11.1 Å². The molecule has 2 rings (SSSR count). The van der Waals surface area contributed by atoms with Crippen molar-refractivity contribution in [3.8, 4) is 0 Å². The molecule has 1 aromatic heterocycles. The first-order valence-corrected chi connectivity index (χ1v) is 7.15. The minimum atomic E-state index is -0.912. The lowest BCUT2D eigenvalue weighted by atomic mass is 10.1. The molecule has 1 aromatic rings. The molecule has 1 unspecified atom stereocenters. The third-order valence-electron chi connectivity index (χ3n) is 3.28. The van der Waals surface area contributed by atoms with Crippen molar-refractivity contribution in [2.45, 2.75) is 32.2 Å². The van der Waals surface area contributed by atoms with Crippen molar-refractivity contribution < 1.29 is 9.90 Å². The number of nitrogens with one attached hydrogen (secondary N) is 1. The minimum Gasteiger partial charge on any atom is -0.477 e. The topological polar surface area (TPSA) is 65.5 Å². The number of aromatic nitrogens is 1. The van der Waals surface area contributed by atoms with Gasteiger partial charge in [-0.05, 0) is 32.9 Å². The van der Waals surface area contributed by atoms with Crippen LogP contribution in [-0.4, -0.2) is 46.6 Å². The van der Waals surface area contributed by atoms with E-state index in [4.69, 9.17) is 5.11 Å². The molecule has 0 aromatic carbocycles. The summed E-state index contributed by atoms with van der Waals surface area (Å²) in [6.07, 6.45) is 5.31. The second kappa shape index (κ2) is 6.15. The van der Waals surface area contributed by atoms with Crippen LogP contribution in [0.15, 0.2) is 6.20 Å². The van der Waals surface area contributed by atoms with Crippen molar-refractivity contribution in [1.82, 2.24) is 9.88 Å². The van der Waals surface area contributed by atoms with Gasteiger partial charge >= 0.3 is 5.97 Å². The maximum atomic E-state index is 10.7. The van der Waals surface area contributed by atoms with E-state index < -0.39 is 5.97 Å². The van der Waals surface area contributed by atoms with Gasteiger partial charge in [0.2, 0.25) is 0 Å². The molecule has 1 atom stereocenters. The number of hydrogen-bond donors (Lipinski definition) is 2. The highest BCUT2D eigenvalue weighted by atomic mass is 32.1. The Morgan fingerprint density at radius 2 is 2.28 bits per heavy atom. The molecular formula is C12H19N3O2S. The van der Waals surface area contributed by atoms with E-state index in [2.05, 4.69) is 22.1 Å². The normalized spacial score (nSPS) is 18.5. The van der Waals surface area contributed by atoms with Crippen molar-refractivity contribution in [3.63, 3.8) is 0 Å². The number of aromatic carboxylic acids is 1. The first-order valence-electron chi connectivity index (χ1n) is 6.34. The van der Waals surface area contributed by atoms with E-state index in [0.717, 1.165) is 6.54 Å². The van der Waals surface area contributed by atoms with E-state index in [1.54, 1.807) is 0 Å². The van der Waals surface area contributed by atoms with Crippen LogP contribution in [-0.2, 0) is 0 Å². The summed E-state index contributed by atoms with van der Waals surface area (Å²) in [4.78, 5) is 17.6. The van der Waals surface area contributed by atoms with Crippen LogP contribution < -0.4 is 5.32 Å². The molecule has 1 fully saturated rings. The maximum Gasteiger partial charge on any atom is 0.347 e. The third-order valence-corrected chi connectivity index (χ3v) is 4.22.